The Morgan fingerprint density at radius 1 is 0.725 bits per heavy atom. The molecule has 0 atom stereocenters. The van der Waals surface area contributed by atoms with Crippen LogP contribution >= 0.6 is 0 Å². The third-order valence-corrected chi connectivity index (χ3v) is 9.29. The van der Waals surface area contributed by atoms with Gasteiger partial charge in [-0.3, -0.25) is 9.98 Å². The van der Waals surface area contributed by atoms with Gasteiger partial charge in [-0.2, -0.15) is 0 Å². The molecule has 0 N–H and O–H groups in total. The van der Waals surface area contributed by atoms with E-state index in [2.05, 4.69) is 108 Å². The number of hydrogen-bond acceptors (Lipinski definition) is 6. The highest BCUT2D eigenvalue weighted by Gasteiger charge is 2.27. The largest absolute Gasteiger partial charge is 0.335 e. The molecule has 0 radical (unpaired) electrons. The number of allylic oxidation sites excluding steroid dienone is 4. The van der Waals surface area contributed by atoms with E-state index in [0.717, 1.165) is 67.8 Å². The van der Waals surface area contributed by atoms with Crippen LogP contribution in [0.4, 0.5) is 17.1 Å². The Kier molecular flexibility index (Phi) is 8.56. The highest BCUT2D eigenvalue weighted by Crippen LogP contribution is 2.48. The lowest BCUT2D eigenvalue weighted by Crippen LogP contribution is -2.22. The molecule has 1 aliphatic rings. The monoisotopic (exact) mass is 660 g/mol. The first-order chi connectivity index (χ1) is 25.1. The number of benzene rings is 5. The molecule has 246 valence electrons. The predicted octanol–water partition coefficient (Wildman–Crippen LogP) is 11.4. The van der Waals surface area contributed by atoms with Crippen LogP contribution in [0, 0.1) is 0 Å². The Labute approximate surface area is 298 Å². The summed E-state index contributed by atoms with van der Waals surface area (Å²) in [6.45, 7) is 8.68. The van der Waals surface area contributed by atoms with Crippen LogP contribution in [-0.4, -0.2) is 26.7 Å². The highest BCUT2D eigenvalue weighted by atomic mass is 15.2. The van der Waals surface area contributed by atoms with Crippen LogP contribution in [0.15, 0.2) is 151 Å². The summed E-state index contributed by atoms with van der Waals surface area (Å²) in [5.74, 6) is 1.95. The summed E-state index contributed by atoms with van der Waals surface area (Å²) in [4.78, 5) is 26.3. The molecule has 0 saturated carbocycles. The van der Waals surface area contributed by atoms with Crippen molar-refractivity contribution in [3.8, 4) is 45.0 Å². The number of para-hydroxylation sites is 2. The van der Waals surface area contributed by atoms with Crippen LogP contribution < -0.4 is 4.90 Å². The third-order valence-electron chi connectivity index (χ3n) is 9.29. The number of rotatable bonds is 8. The van der Waals surface area contributed by atoms with E-state index >= 15 is 0 Å². The predicted molar refractivity (Wildman–Crippen MR) is 211 cm³/mol. The van der Waals surface area contributed by atoms with E-state index in [1.54, 1.807) is 0 Å². The first kappa shape index (κ1) is 31.7. The number of aliphatic imine (C=N–C) groups is 1. The molecule has 6 nitrogen and oxygen atoms in total. The average molecular weight is 661 g/mol. The molecule has 7 aromatic rings. The van der Waals surface area contributed by atoms with Gasteiger partial charge in [0.15, 0.2) is 17.5 Å². The first-order valence-electron chi connectivity index (χ1n) is 17.2. The van der Waals surface area contributed by atoms with E-state index in [1.807, 2.05) is 67.7 Å². The van der Waals surface area contributed by atoms with E-state index in [1.165, 1.54) is 11.1 Å². The Morgan fingerprint density at radius 2 is 1.43 bits per heavy atom. The minimum Gasteiger partial charge on any atom is -0.335 e. The van der Waals surface area contributed by atoms with E-state index in [-0.39, 0.29) is 0 Å². The van der Waals surface area contributed by atoms with Crippen molar-refractivity contribution in [2.45, 2.75) is 26.8 Å². The smallest absolute Gasteiger partial charge is 0.164 e. The Hall–Kier alpha value is -6.53. The molecule has 6 heteroatoms. The van der Waals surface area contributed by atoms with Gasteiger partial charge in [0.05, 0.1) is 29.1 Å². The molecule has 51 heavy (non-hydrogen) atoms. The first-order valence-corrected chi connectivity index (χ1v) is 17.2. The fraction of sp³-hybridized carbons (Fsp3) is 0.0889. The second kappa shape index (κ2) is 13.8. The SMILES string of the molecule is C=Nc1ccccc1N1Cc2c(ccc3cccnc23)-c2ccc(-c3ccc(-c4nc(C(/C=C\C)=C/CC)nc(-c5ccccc5)n4)cc3)cc21. The molecule has 2 aromatic heterocycles. The van der Waals surface area contributed by atoms with Gasteiger partial charge in [0.1, 0.15) is 0 Å². The number of fused-ring (bicyclic) bond motifs is 5. The van der Waals surface area contributed by atoms with Gasteiger partial charge >= 0.3 is 0 Å². The normalized spacial score (nSPS) is 12.6. The fourth-order valence-corrected chi connectivity index (χ4v) is 6.86. The second-order valence-corrected chi connectivity index (χ2v) is 12.4. The zero-order valence-corrected chi connectivity index (χ0v) is 28.7. The quantitative estimate of drug-likeness (QED) is 0.120. The van der Waals surface area contributed by atoms with Crippen LogP contribution in [0.25, 0.3) is 61.5 Å². The maximum Gasteiger partial charge on any atom is 0.164 e. The standard InChI is InChI=1S/C45H36N6/c1-4-12-32(13-5-2)43-48-44(33-14-7-6-8-15-33)50-45(49-43)34-21-19-30(20-22-34)35-24-26-37-36-25-23-31-16-11-27-47-42(31)38(36)29-51(41(37)28-35)40-18-10-9-17-39(40)46-3/h4,6-28H,3,5,29H2,1-2H3/b12-4-,32-13+. The maximum absolute atomic E-state index is 4.96. The second-order valence-electron chi connectivity index (χ2n) is 12.4. The Balaban J connectivity index is 1.22. The van der Waals surface area contributed by atoms with E-state index in [0.29, 0.717) is 24.0 Å². The lowest BCUT2D eigenvalue weighted by atomic mass is 9.89. The molecule has 5 aromatic carbocycles. The van der Waals surface area contributed by atoms with Crippen molar-refractivity contribution in [1.29, 1.82) is 0 Å². The van der Waals surface area contributed by atoms with Crippen LogP contribution in [0.1, 0.15) is 31.7 Å². The number of anilines is 2. The van der Waals surface area contributed by atoms with Gasteiger partial charge in [-0.1, -0.05) is 122 Å². The third kappa shape index (κ3) is 6.02. The molecule has 1 aliphatic heterocycles. The number of aromatic nitrogens is 4. The van der Waals surface area contributed by atoms with Crippen LogP contribution in [-0.2, 0) is 6.54 Å². The van der Waals surface area contributed by atoms with Gasteiger partial charge in [0.25, 0.3) is 0 Å². The van der Waals surface area contributed by atoms with Gasteiger partial charge in [-0.15, -0.1) is 0 Å². The van der Waals surface area contributed by atoms with Crippen molar-refractivity contribution in [3.05, 3.63) is 157 Å². The van der Waals surface area contributed by atoms with Crippen LogP contribution in [0.5, 0.6) is 0 Å². The van der Waals surface area contributed by atoms with Gasteiger partial charge < -0.3 is 4.90 Å². The minimum absolute atomic E-state index is 0.638. The van der Waals surface area contributed by atoms with Crippen molar-refractivity contribution in [3.63, 3.8) is 0 Å². The van der Waals surface area contributed by atoms with Crippen molar-refractivity contribution < 1.29 is 0 Å². The Morgan fingerprint density at radius 3 is 2.20 bits per heavy atom. The molecule has 0 saturated heterocycles. The molecule has 0 fully saturated rings. The zero-order valence-electron chi connectivity index (χ0n) is 28.7. The number of hydrogen-bond donors (Lipinski definition) is 0. The summed E-state index contributed by atoms with van der Waals surface area (Å²) in [5, 5.41) is 1.13. The topological polar surface area (TPSA) is 67.2 Å². The molecule has 8 rings (SSSR count). The highest BCUT2D eigenvalue weighted by molar-refractivity contribution is 5.98. The van der Waals surface area contributed by atoms with Gasteiger partial charge in [0.2, 0.25) is 0 Å². The summed E-state index contributed by atoms with van der Waals surface area (Å²) >= 11 is 0. The van der Waals surface area contributed by atoms with Gasteiger partial charge in [-0.25, -0.2) is 15.0 Å². The lowest BCUT2D eigenvalue weighted by molar-refractivity contribution is 0.966. The zero-order chi connectivity index (χ0) is 34.7. The van der Waals surface area contributed by atoms with Crippen LogP contribution in [0.3, 0.4) is 0 Å². The molecular weight excluding hydrogens is 625 g/mol. The van der Waals surface area contributed by atoms with Crippen LogP contribution in [0.2, 0.25) is 0 Å². The van der Waals surface area contributed by atoms with Crippen molar-refractivity contribution >= 4 is 40.3 Å². The summed E-state index contributed by atoms with van der Waals surface area (Å²) in [5.41, 5.74) is 12.6. The van der Waals surface area contributed by atoms with Crippen molar-refractivity contribution in [2.75, 3.05) is 4.90 Å². The van der Waals surface area contributed by atoms with E-state index in [4.69, 9.17) is 19.9 Å². The fourth-order valence-electron chi connectivity index (χ4n) is 6.86. The van der Waals surface area contributed by atoms with E-state index in [9.17, 15) is 0 Å². The average Bonchev–Trinajstić information content (AvgIpc) is 3.20. The summed E-state index contributed by atoms with van der Waals surface area (Å²) in [6, 6.07) is 42.0. The summed E-state index contributed by atoms with van der Waals surface area (Å²) in [7, 11) is 0. The molecule has 0 aliphatic carbocycles. The molecule has 0 unspecified atom stereocenters. The van der Waals surface area contributed by atoms with Gasteiger partial charge in [-0.05, 0) is 61.0 Å². The maximum atomic E-state index is 4.96. The summed E-state index contributed by atoms with van der Waals surface area (Å²) in [6.07, 6.45) is 8.98. The minimum atomic E-state index is 0.638. The van der Waals surface area contributed by atoms with Crippen molar-refractivity contribution in [1.82, 2.24) is 19.9 Å². The van der Waals surface area contributed by atoms with Gasteiger partial charge in [0, 0.05) is 39.4 Å². The Bertz CT molecular complexity index is 2460. The molecule has 0 spiro atoms. The summed E-state index contributed by atoms with van der Waals surface area (Å²) < 4.78 is 0. The van der Waals surface area contributed by atoms with Crippen molar-refractivity contribution in [2.24, 2.45) is 4.99 Å². The number of nitrogens with zero attached hydrogens (tertiary/aromatic N) is 6. The molecule has 3 heterocycles. The number of pyridine rings is 1. The molecule has 0 amide bonds. The molecule has 0 bridgehead atoms. The van der Waals surface area contributed by atoms with E-state index < -0.39 is 0 Å². The lowest BCUT2D eigenvalue weighted by Gasteiger charge is -2.34. The molecular formula is C45H36N6.